The number of ketones is 1. The molecular weight excluding hydrogens is 424 g/mol. The van der Waals surface area contributed by atoms with Crippen LogP contribution in [0.2, 0.25) is 0 Å². The van der Waals surface area contributed by atoms with E-state index < -0.39 is 18.5 Å². The van der Waals surface area contributed by atoms with Gasteiger partial charge in [-0.1, -0.05) is 51.2 Å². The second-order valence-corrected chi connectivity index (χ2v) is 7.58. The monoisotopic (exact) mass is 454 g/mol. The molecule has 0 amide bonds. The fraction of sp³-hybridized carbons (Fsp3) is 0.346. The zero-order valence-electron chi connectivity index (χ0n) is 18.8. The molecule has 0 aliphatic rings. The summed E-state index contributed by atoms with van der Waals surface area (Å²) >= 11 is 0. The molecule has 176 valence electrons. The molecule has 7 heteroatoms. The molecule has 0 radical (unpaired) electrons. The Kier molecular flexibility index (Phi) is 10.7. The highest BCUT2D eigenvalue weighted by Gasteiger charge is 2.10. The molecule has 0 heterocycles. The van der Waals surface area contributed by atoms with Crippen molar-refractivity contribution in [1.82, 2.24) is 0 Å². The van der Waals surface area contributed by atoms with Gasteiger partial charge in [0.25, 0.3) is 0 Å². The lowest BCUT2D eigenvalue weighted by Gasteiger charge is -2.08. The molecule has 0 aliphatic carbocycles. The standard InChI is InChI=1S/C26H30O7/c1-2-3-4-5-6-7-15-32-22-10-8-9-19(17-22)23(27)13-11-20-16-21(26(30)31)12-14-24(20)33-18-25(28)29/h8-14,16-17H,2-7,15,18H2,1H3,(H,28,29)(H,30,31)/b13-11+. The summed E-state index contributed by atoms with van der Waals surface area (Å²) in [6.45, 7) is 2.19. The van der Waals surface area contributed by atoms with Gasteiger partial charge in [0.2, 0.25) is 0 Å². The van der Waals surface area contributed by atoms with Crippen LogP contribution in [0.4, 0.5) is 0 Å². The molecule has 0 saturated heterocycles. The van der Waals surface area contributed by atoms with E-state index in [-0.39, 0.29) is 17.1 Å². The van der Waals surface area contributed by atoms with Crippen LogP contribution in [-0.4, -0.2) is 41.1 Å². The zero-order valence-corrected chi connectivity index (χ0v) is 18.8. The molecule has 0 aromatic heterocycles. The number of rotatable bonds is 15. The maximum absolute atomic E-state index is 12.6. The van der Waals surface area contributed by atoms with E-state index in [2.05, 4.69) is 6.92 Å². The number of aromatic carboxylic acids is 1. The molecule has 0 saturated carbocycles. The summed E-state index contributed by atoms with van der Waals surface area (Å²) in [7, 11) is 0. The van der Waals surface area contributed by atoms with Gasteiger partial charge in [-0.2, -0.15) is 0 Å². The maximum atomic E-state index is 12.6. The molecule has 2 rings (SSSR count). The van der Waals surface area contributed by atoms with E-state index in [1.165, 1.54) is 56.0 Å². The minimum absolute atomic E-state index is 0.00475. The van der Waals surface area contributed by atoms with E-state index in [1.54, 1.807) is 24.3 Å². The Labute approximate surface area is 193 Å². The number of ether oxygens (including phenoxy) is 2. The highest BCUT2D eigenvalue weighted by atomic mass is 16.5. The van der Waals surface area contributed by atoms with E-state index in [1.807, 2.05) is 0 Å². The van der Waals surface area contributed by atoms with Crippen molar-refractivity contribution < 1.29 is 34.1 Å². The van der Waals surface area contributed by atoms with Crippen LogP contribution in [0.15, 0.2) is 48.5 Å². The molecule has 0 spiro atoms. The topological polar surface area (TPSA) is 110 Å². The van der Waals surface area contributed by atoms with E-state index in [0.29, 0.717) is 23.5 Å². The predicted molar refractivity (Wildman–Crippen MR) is 125 cm³/mol. The molecule has 0 fully saturated rings. The Balaban J connectivity index is 2.03. The van der Waals surface area contributed by atoms with Crippen LogP contribution in [-0.2, 0) is 4.79 Å². The van der Waals surface area contributed by atoms with Crippen LogP contribution >= 0.6 is 0 Å². The van der Waals surface area contributed by atoms with Gasteiger partial charge >= 0.3 is 11.9 Å². The van der Waals surface area contributed by atoms with Crippen molar-refractivity contribution in [3.8, 4) is 11.5 Å². The number of carboxylic acids is 2. The number of aliphatic carboxylic acids is 1. The second-order valence-electron chi connectivity index (χ2n) is 7.58. The lowest BCUT2D eigenvalue weighted by molar-refractivity contribution is -0.139. The minimum atomic E-state index is -1.17. The normalized spacial score (nSPS) is 10.8. The predicted octanol–water partition coefficient (Wildman–Crippen LogP) is 5.48. The Morgan fingerprint density at radius 3 is 2.36 bits per heavy atom. The van der Waals surface area contributed by atoms with Crippen LogP contribution in [0.3, 0.4) is 0 Å². The van der Waals surface area contributed by atoms with Gasteiger partial charge < -0.3 is 19.7 Å². The third kappa shape index (κ3) is 9.19. The van der Waals surface area contributed by atoms with Crippen molar-refractivity contribution >= 4 is 23.8 Å². The number of unbranched alkanes of at least 4 members (excludes halogenated alkanes) is 5. The number of benzene rings is 2. The average Bonchev–Trinajstić information content (AvgIpc) is 2.80. The first-order chi connectivity index (χ1) is 15.9. The molecular formula is C26H30O7. The Hall–Kier alpha value is -3.61. The smallest absolute Gasteiger partial charge is 0.341 e. The fourth-order valence-corrected chi connectivity index (χ4v) is 3.16. The highest BCUT2D eigenvalue weighted by Crippen LogP contribution is 2.23. The van der Waals surface area contributed by atoms with Crippen molar-refractivity contribution in [3.05, 3.63) is 65.2 Å². The Morgan fingerprint density at radius 1 is 0.879 bits per heavy atom. The van der Waals surface area contributed by atoms with Gasteiger partial charge in [-0.05, 0) is 48.9 Å². The van der Waals surface area contributed by atoms with Crippen LogP contribution in [0.5, 0.6) is 11.5 Å². The van der Waals surface area contributed by atoms with Gasteiger partial charge in [-0.15, -0.1) is 0 Å². The first-order valence-corrected chi connectivity index (χ1v) is 11.1. The Morgan fingerprint density at radius 2 is 1.64 bits per heavy atom. The lowest BCUT2D eigenvalue weighted by atomic mass is 10.1. The quantitative estimate of drug-likeness (QED) is 0.208. The van der Waals surface area contributed by atoms with Gasteiger partial charge in [0.05, 0.1) is 12.2 Å². The largest absolute Gasteiger partial charge is 0.494 e. The number of hydrogen-bond donors (Lipinski definition) is 2. The van der Waals surface area contributed by atoms with Crippen molar-refractivity contribution in [1.29, 1.82) is 0 Å². The van der Waals surface area contributed by atoms with E-state index >= 15 is 0 Å². The maximum Gasteiger partial charge on any atom is 0.341 e. The van der Waals surface area contributed by atoms with Gasteiger partial charge in [0, 0.05) is 11.1 Å². The van der Waals surface area contributed by atoms with E-state index in [0.717, 1.165) is 12.8 Å². The SMILES string of the molecule is CCCCCCCCOc1cccc(C(=O)/C=C/c2cc(C(=O)O)ccc2OCC(=O)O)c1. The number of allylic oxidation sites excluding steroid dienone is 1. The van der Waals surface area contributed by atoms with Crippen molar-refractivity contribution in [2.45, 2.75) is 45.4 Å². The molecule has 0 aliphatic heterocycles. The van der Waals surface area contributed by atoms with Crippen molar-refractivity contribution in [2.24, 2.45) is 0 Å². The molecule has 2 aromatic rings. The van der Waals surface area contributed by atoms with E-state index in [9.17, 15) is 19.5 Å². The summed E-state index contributed by atoms with van der Waals surface area (Å²) in [5, 5.41) is 18.0. The number of carbonyl (C=O) groups is 3. The number of carboxylic acid groups (broad SMARTS) is 2. The first-order valence-electron chi connectivity index (χ1n) is 11.1. The highest BCUT2D eigenvalue weighted by molar-refractivity contribution is 6.07. The average molecular weight is 455 g/mol. The summed E-state index contributed by atoms with van der Waals surface area (Å²) in [5.41, 5.74) is 0.712. The van der Waals surface area contributed by atoms with Gasteiger partial charge in [-0.3, -0.25) is 4.79 Å². The van der Waals surface area contributed by atoms with Crippen LogP contribution in [0, 0.1) is 0 Å². The summed E-state index contributed by atoms with van der Waals surface area (Å²) in [6, 6.07) is 10.9. The van der Waals surface area contributed by atoms with E-state index in [4.69, 9.17) is 14.6 Å². The van der Waals surface area contributed by atoms with Crippen LogP contribution in [0.25, 0.3) is 6.08 Å². The molecule has 33 heavy (non-hydrogen) atoms. The third-order valence-electron chi connectivity index (χ3n) is 4.91. The Bertz CT molecular complexity index is 978. The molecule has 0 unspecified atom stereocenters. The van der Waals surface area contributed by atoms with Gasteiger partial charge in [-0.25, -0.2) is 9.59 Å². The van der Waals surface area contributed by atoms with Crippen LogP contribution in [0.1, 0.15) is 71.7 Å². The van der Waals surface area contributed by atoms with Crippen molar-refractivity contribution in [2.75, 3.05) is 13.2 Å². The molecule has 0 atom stereocenters. The molecule has 2 N–H and O–H groups in total. The fourth-order valence-electron chi connectivity index (χ4n) is 3.16. The third-order valence-corrected chi connectivity index (χ3v) is 4.91. The van der Waals surface area contributed by atoms with Gasteiger partial charge in [0.1, 0.15) is 11.5 Å². The number of hydrogen-bond acceptors (Lipinski definition) is 5. The first kappa shape index (κ1) is 25.6. The second kappa shape index (κ2) is 13.7. The zero-order chi connectivity index (χ0) is 24.1. The van der Waals surface area contributed by atoms with Crippen LogP contribution < -0.4 is 9.47 Å². The molecule has 2 aromatic carbocycles. The lowest BCUT2D eigenvalue weighted by Crippen LogP contribution is -2.10. The van der Waals surface area contributed by atoms with Crippen molar-refractivity contribution in [3.63, 3.8) is 0 Å². The number of carbonyl (C=O) groups excluding carboxylic acids is 1. The summed E-state index contributed by atoms with van der Waals surface area (Å²) in [4.78, 5) is 34.7. The summed E-state index contributed by atoms with van der Waals surface area (Å²) in [6.07, 6.45) is 9.69. The minimum Gasteiger partial charge on any atom is -0.494 e. The molecule has 7 nitrogen and oxygen atoms in total. The molecule has 0 bridgehead atoms. The summed E-state index contributed by atoms with van der Waals surface area (Å²) < 4.78 is 11.0. The summed E-state index contributed by atoms with van der Waals surface area (Å²) in [5.74, 6) is -1.83. The van der Waals surface area contributed by atoms with Gasteiger partial charge in [0.15, 0.2) is 12.4 Å².